The summed E-state index contributed by atoms with van der Waals surface area (Å²) < 4.78 is 26.0. The van der Waals surface area contributed by atoms with Crippen molar-refractivity contribution in [3.05, 3.63) is 27.7 Å². The van der Waals surface area contributed by atoms with Gasteiger partial charge in [0, 0.05) is 24.5 Å². The van der Waals surface area contributed by atoms with Gasteiger partial charge in [0.25, 0.3) is 0 Å². The molecular weight excluding hydrogens is 339 g/mol. The van der Waals surface area contributed by atoms with E-state index in [9.17, 15) is 13.2 Å². The van der Waals surface area contributed by atoms with Crippen molar-refractivity contribution in [3.63, 3.8) is 0 Å². The zero-order valence-electron chi connectivity index (χ0n) is 11.0. The molecule has 6 nitrogen and oxygen atoms in total. The van der Waals surface area contributed by atoms with Crippen molar-refractivity contribution in [2.45, 2.75) is 18.2 Å². The van der Waals surface area contributed by atoms with Crippen molar-refractivity contribution in [1.29, 1.82) is 5.26 Å². The smallest absolute Gasteiger partial charge is 0.337 e. The number of benzene rings is 1. The number of sulfonamides is 1. The molecule has 1 aromatic carbocycles. The molecule has 0 atom stereocenters. The molecule has 0 aliphatic carbocycles. The quantitative estimate of drug-likeness (QED) is 0.849. The SMILES string of the molecule is CCN(CCC#N)S(=O)(=O)c1cc(Cl)cc(C(=O)O)c1Cl. The van der Waals surface area contributed by atoms with Crippen LogP contribution in [0.25, 0.3) is 0 Å². The molecule has 0 radical (unpaired) electrons. The molecular formula is C12H12Cl2N2O4S. The Morgan fingerprint density at radius 1 is 1.43 bits per heavy atom. The van der Waals surface area contributed by atoms with Crippen LogP contribution in [-0.2, 0) is 10.0 Å². The van der Waals surface area contributed by atoms with Gasteiger partial charge in [-0.05, 0) is 12.1 Å². The highest BCUT2D eigenvalue weighted by atomic mass is 35.5. The van der Waals surface area contributed by atoms with Gasteiger partial charge in [-0.3, -0.25) is 0 Å². The van der Waals surface area contributed by atoms with Gasteiger partial charge in [0.1, 0.15) is 4.90 Å². The maximum atomic E-state index is 12.5. The van der Waals surface area contributed by atoms with Crippen LogP contribution in [0.3, 0.4) is 0 Å². The van der Waals surface area contributed by atoms with Gasteiger partial charge in [-0.2, -0.15) is 9.57 Å². The summed E-state index contributed by atoms with van der Waals surface area (Å²) in [5, 5.41) is 17.1. The molecule has 0 bridgehead atoms. The Bertz CT molecular complexity index is 698. The number of hydrogen-bond donors (Lipinski definition) is 1. The third-order valence-electron chi connectivity index (χ3n) is 2.68. The number of carboxylic acids is 1. The van der Waals surface area contributed by atoms with E-state index in [-0.39, 0.29) is 35.0 Å². The lowest BCUT2D eigenvalue weighted by Gasteiger charge is -2.20. The van der Waals surface area contributed by atoms with Gasteiger partial charge in [-0.15, -0.1) is 0 Å². The molecule has 0 saturated carbocycles. The largest absolute Gasteiger partial charge is 0.478 e. The molecule has 9 heteroatoms. The first-order chi connectivity index (χ1) is 9.75. The zero-order valence-corrected chi connectivity index (χ0v) is 13.3. The minimum absolute atomic E-state index is 0.0110. The van der Waals surface area contributed by atoms with Gasteiger partial charge in [0.2, 0.25) is 10.0 Å². The zero-order chi connectivity index (χ0) is 16.2. The maximum Gasteiger partial charge on any atom is 0.337 e. The van der Waals surface area contributed by atoms with E-state index in [2.05, 4.69) is 0 Å². The summed E-state index contributed by atoms with van der Waals surface area (Å²) in [5.74, 6) is -1.38. The number of halogens is 2. The lowest BCUT2D eigenvalue weighted by Crippen LogP contribution is -2.32. The highest BCUT2D eigenvalue weighted by molar-refractivity contribution is 7.89. The lowest BCUT2D eigenvalue weighted by atomic mass is 10.2. The van der Waals surface area contributed by atoms with Crippen LogP contribution < -0.4 is 0 Å². The fourth-order valence-electron chi connectivity index (χ4n) is 1.67. The number of carbonyl (C=O) groups is 1. The average molecular weight is 351 g/mol. The Labute approximate surface area is 132 Å². The highest BCUT2D eigenvalue weighted by Gasteiger charge is 2.28. The van der Waals surface area contributed by atoms with E-state index in [1.165, 1.54) is 0 Å². The van der Waals surface area contributed by atoms with E-state index in [0.717, 1.165) is 16.4 Å². The second-order valence-electron chi connectivity index (χ2n) is 3.98. The Morgan fingerprint density at radius 2 is 2.05 bits per heavy atom. The van der Waals surface area contributed by atoms with Crippen LogP contribution in [0.1, 0.15) is 23.7 Å². The Balaban J connectivity index is 3.44. The molecule has 21 heavy (non-hydrogen) atoms. The van der Waals surface area contributed by atoms with Crippen molar-refractivity contribution < 1.29 is 18.3 Å². The summed E-state index contributed by atoms with van der Waals surface area (Å²) in [4.78, 5) is 10.7. The molecule has 0 aliphatic heterocycles. The van der Waals surface area contributed by atoms with Crippen LogP contribution in [0, 0.1) is 11.3 Å². The third-order valence-corrected chi connectivity index (χ3v) is 5.41. The van der Waals surface area contributed by atoms with Crippen LogP contribution in [-0.4, -0.2) is 36.9 Å². The molecule has 1 N–H and O–H groups in total. The third kappa shape index (κ3) is 3.86. The minimum atomic E-state index is -4.03. The molecule has 0 spiro atoms. The molecule has 1 rings (SSSR count). The van der Waals surface area contributed by atoms with Crippen LogP contribution in [0.4, 0.5) is 0 Å². The van der Waals surface area contributed by atoms with E-state index in [0.29, 0.717) is 0 Å². The van der Waals surface area contributed by atoms with Crippen LogP contribution in [0.2, 0.25) is 10.0 Å². The molecule has 0 aromatic heterocycles. The van der Waals surface area contributed by atoms with Crippen molar-refractivity contribution >= 4 is 39.2 Å². The molecule has 0 heterocycles. The van der Waals surface area contributed by atoms with Gasteiger partial charge >= 0.3 is 5.97 Å². The standard InChI is InChI=1S/C12H12Cl2N2O4S/c1-2-16(5-3-4-15)21(19,20)10-7-8(13)6-9(11(10)14)12(17)18/h6-7H,2-3,5H2,1H3,(H,17,18). The highest BCUT2D eigenvalue weighted by Crippen LogP contribution is 2.31. The summed E-state index contributed by atoms with van der Waals surface area (Å²) in [6.07, 6.45) is 0.0110. The predicted molar refractivity (Wildman–Crippen MR) is 78.1 cm³/mol. The summed E-state index contributed by atoms with van der Waals surface area (Å²) in [6, 6.07) is 4.03. The summed E-state index contributed by atoms with van der Waals surface area (Å²) in [6.45, 7) is 1.71. The molecule has 114 valence electrons. The Kier molecular flexibility index (Phi) is 5.98. The fourth-order valence-corrected chi connectivity index (χ4v) is 4.00. The maximum absolute atomic E-state index is 12.5. The molecule has 0 amide bonds. The molecule has 1 aromatic rings. The minimum Gasteiger partial charge on any atom is -0.478 e. The molecule has 0 unspecified atom stereocenters. The molecule has 0 fully saturated rings. The van der Waals surface area contributed by atoms with E-state index >= 15 is 0 Å². The number of nitrogens with zero attached hydrogens (tertiary/aromatic N) is 2. The van der Waals surface area contributed by atoms with Gasteiger partial charge in [-0.25, -0.2) is 13.2 Å². The number of carboxylic acid groups (broad SMARTS) is 1. The predicted octanol–water partition coefficient (Wildman–Crippen LogP) is 2.62. The van der Waals surface area contributed by atoms with E-state index in [1.54, 1.807) is 6.92 Å². The number of rotatable bonds is 6. The molecule has 0 saturated heterocycles. The van der Waals surface area contributed by atoms with Crippen molar-refractivity contribution in [3.8, 4) is 6.07 Å². The Hall–Kier alpha value is -1.33. The van der Waals surface area contributed by atoms with Crippen LogP contribution >= 0.6 is 23.2 Å². The first kappa shape index (κ1) is 17.7. The second-order valence-corrected chi connectivity index (χ2v) is 6.70. The van der Waals surface area contributed by atoms with Crippen molar-refractivity contribution in [2.24, 2.45) is 0 Å². The van der Waals surface area contributed by atoms with E-state index < -0.39 is 21.0 Å². The first-order valence-electron chi connectivity index (χ1n) is 5.85. The molecule has 0 aliphatic rings. The monoisotopic (exact) mass is 350 g/mol. The lowest BCUT2D eigenvalue weighted by molar-refractivity contribution is 0.0697. The Morgan fingerprint density at radius 3 is 2.52 bits per heavy atom. The van der Waals surface area contributed by atoms with Gasteiger partial charge in [0.15, 0.2) is 0 Å². The van der Waals surface area contributed by atoms with Crippen LogP contribution in [0.5, 0.6) is 0 Å². The summed E-state index contributed by atoms with van der Waals surface area (Å²) in [7, 11) is -4.03. The van der Waals surface area contributed by atoms with E-state index in [4.69, 9.17) is 33.6 Å². The van der Waals surface area contributed by atoms with Gasteiger partial charge in [0.05, 0.1) is 16.7 Å². The topological polar surface area (TPSA) is 98.5 Å². The van der Waals surface area contributed by atoms with E-state index in [1.807, 2.05) is 6.07 Å². The second kappa shape index (κ2) is 7.09. The van der Waals surface area contributed by atoms with Gasteiger partial charge in [-0.1, -0.05) is 30.1 Å². The number of nitriles is 1. The fraction of sp³-hybridized carbons (Fsp3) is 0.333. The number of hydrogen-bond acceptors (Lipinski definition) is 4. The normalized spacial score (nSPS) is 11.4. The van der Waals surface area contributed by atoms with Crippen LogP contribution in [0.15, 0.2) is 17.0 Å². The van der Waals surface area contributed by atoms with Crippen molar-refractivity contribution in [2.75, 3.05) is 13.1 Å². The van der Waals surface area contributed by atoms with Gasteiger partial charge < -0.3 is 5.11 Å². The summed E-state index contributed by atoms with van der Waals surface area (Å²) >= 11 is 11.7. The first-order valence-corrected chi connectivity index (χ1v) is 8.04. The van der Waals surface area contributed by atoms with Crippen molar-refractivity contribution in [1.82, 2.24) is 4.31 Å². The summed E-state index contributed by atoms with van der Waals surface area (Å²) in [5.41, 5.74) is -0.390. The number of aromatic carboxylic acids is 1. The average Bonchev–Trinajstić information content (AvgIpc) is 2.41.